The number of carbonyl (C=O) groups is 1. The van der Waals surface area contributed by atoms with Crippen LogP contribution in [0.5, 0.6) is 0 Å². The van der Waals surface area contributed by atoms with Gasteiger partial charge in [-0.2, -0.15) is 0 Å². The van der Waals surface area contributed by atoms with E-state index in [9.17, 15) is 4.79 Å². The van der Waals surface area contributed by atoms with Crippen molar-refractivity contribution in [2.24, 2.45) is 5.92 Å². The second-order valence-electron chi connectivity index (χ2n) is 9.05. The van der Waals surface area contributed by atoms with Gasteiger partial charge in [0.05, 0.1) is 0 Å². The molecule has 1 amide bonds. The van der Waals surface area contributed by atoms with E-state index < -0.39 is 0 Å². The largest absolute Gasteiger partial charge is 0.339 e. The lowest BCUT2D eigenvalue weighted by Crippen LogP contribution is -2.49. The van der Waals surface area contributed by atoms with Crippen LogP contribution in [0.4, 0.5) is 0 Å². The first-order valence-electron chi connectivity index (χ1n) is 11.4. The Bertz CT molecular complexity index is 685. The summed E-state index contributed by atoms with van der Waals surface area (Å²) in [6.07, 6.45) is 4.52. The molecule has 0 aliphatic carbocycles. The quantitative estimate of drug-likeness (QED) is 0.648. The average Bonchev–Trinajstić information content (AvgIpc) is 2.74. The Balaban J connectivity index is 1.43. The van der Waals surface area contributed by atoms with Crippen LogP contribution in [0.1, 0.15) is 50.7 Å². The molecule has 0 bridgehead atoms. The summed E-state index contributed by atoms with van der Waals surface area (Å²) in [6.45, 7) is 17.3. The van der Waals surface area contributed by atoms with E-state index in [1.807, 2.05) is 11.8 Å². The van der Waals surface area contributed by atoms with E-state index in [0.717, 1.165) is 44.6 Å². The summed E-state index contributed by atoms with van der Waals surface area (Å²) in [4.78, 5) is 20.1. The Hall–Kier alpha value is -1.65. The first kappa shape index (κ1) is 22.0. The zero-order valence-corrected chi connectivity index (χ0v) is 18.7. The van der Waals surface area contributed by atoms with Gasteiger partial charge in [-0.05, 0) is 83.8 Å². The second-order valence-corrected chi connectivity index (χ2v) is 9.05. The summed E-state index contributed by atoms with van der Waals surface area (Å²) in [5.41, 5.74) is 3.92. The predicted octanol–water partition coefficient (Wildman–Crippen LogP) is 4.10. The fraction of sp³-hybridized carbons (Fsp3) is 0.640. The standard InChI is InChI=1S/C25H39N3O/c1-5-27(18-20(2)3)25(29)22-10-16-28(17-11-22)24-12-14-26(15-13-24)19-23-9-7-6-8-21(23)4/h6-9,22,24H,2,5,10-19H2,1,3-4H3. The van der Waals surface area contributed by atoms with Crippen LogP contribution in [-0.2, 0) is 11.3 Å². The maximum atomic E-state index is 12.9. The molecule has 0 aromatic heterocycles. The van der Waals surface area contributed by atoms with Crippen LogP contribution in [0.15, 0.2) is 36.4 Å². The first-order valence-corrected chi connectivity index (χ1v) is 11.4. The Morgan fingerprint density at radius 2 is 1.76 bits per heavy atom. The molecule has 2 aliphatic heterocycles. The van der Waals surface area contributed by atoms with Crippen molar-refractivity contribution in [3.8, 4) is 0 Å². The van der Waals surface area contributed by atoms with Gasteiger partial charge in [0.25, 0.3) is 0 Å². The lowest BCUT2D eigenvalue weighted by atomic mass is 9.92. The zero-order chi connectivity index (χ0) is 20.8. The van der Waals surface area contributed by atoms with Crippen molar-refractivity contribution in [3.05, 3.63) is 47.5 Å². The summed E-state index contributed by atoms with van der Waals surface area (Å²) in [5, 5.41) is 0. The van der Waals surface area contributed by atoms with Crippen molar-refractivity contribution in [3.63, 3.8) is 0 Å². The highest BCUT2D eigenvalue weighted by atomic mass is 16.2. The molecular formula is C25H39N3O. The molecule has 0 atom stereocenters. The van der Waals surface area contributed by atoms with Crippen molar-refractivity contribution in [2.75, 3.05) is 39.3 Å². The number of aryl methyl sites for hydroxylation is 1. The van der Waals surface area contributed by atoms with Gasteiger partial charge in [-0.25, -0.2) is 0 Å². The minimum atomic E-state index is 0.201. The summed E-state index contributed by atoms with van der Waals surface area (Å²) in [6, 6.07) is 9.44. The van der Waals surface area contributed by atoms with Gasteiger partial charge in [-0.3, -0.25) is 9.69 Å². The number of piperidine rings is 2. The minimum Gasteiger partial charge on any atom is -0.339 e. The van der Waals surface area contributed by atoms with Crippen molar-refractivity contribution in [2.45, 2.75) is 59.0 Å². The number of hydrogen-bond acceptors (Lipinski definition) is 3. The number of rotatable bonds is 7. The number of likely N-dealkylation sites (N-methyl/N-ethyl adjacent to an activating group) is 1. The number of likely N-dealkylation sites (tertiary alicyclic amines) is 2. The van der Waals surface area contributed by atoms with Gasteiger partial charge in [-0.15, -0.1) is 0 Å². The number of amides is 1. The van der Waals surface area contributed by atoms with E-state index >= 15 is 0 Å². The second kappa shape index (κ2) is 10.4. The summed E-state index contributed by atoms with van der Waals surface area (Å²) >= 11 is 0. The molecule has 0 spiro atoms. The molecule has 0 radical (unpaired) electrons. The lowest BCUT2D eigenvalue weighted by molar-refractivity contribution is -0.136. The van der Waals surface area contributed by atoms with Crippen LogP contribution >= 0.6 is 0 Å². The normalized spacial score (nSPS) is 20.0. The highest BCUT2D eigenvalue weighted by Gasteiger charge is 2.32. The third-order valence-corrected chi connectivity index (χ3v) is 6.76. The number of nitrogens with zero attached hydrogens (tertiary/aromatic N) is 3. The van der Waals surface area contributed by atoms with Crippen LogP contribution in [0.2, 0.25) is 0 Å². The minimum absolute atomic E-state index is 0.201. The molecule has 2 heterocycles. The van der Waals surface area contributed by atoms with Crippen LogP contribution in [0, 0.1) is 12.8 Å². The van der Waals surface area contributed by atoms with Crippen LogP contribution in [0.25, 0.3) is 0 Å². The fourth-order valence-corrected chi connectivity index (χ4v) is 4.91. The highest BCUT2D eigenvalue weighted by molar-refractivity contribution is 5.79. The molecule has 0 saturated carbocycles. The smallest absolute Gasteiger partial charge is 0.226 e. The van der Waals surface area contributed by atoms with E-state index in [-0.39, 0.29) is 5.92 Å². The molecule has 2 fully saturated rings. The van der Waals surface area contributed by atoms with Crippen LogP contribution in [0.3, 0.4) is 0 Å². The molecule has 4 heteroatoms. The van der Waals surface area contributed by atoms with E-state index in [1.165, 1.54) is 37.1 Å². The fourth-order valence-electron chi connectivity index (χ4n) is 4.91. The maximum absolute atomic E-state index is 12.9. The number of benzene rings is 1. The Morgan fingerprint density at radius 3 is 2.34 bits per heavy atom. The van der Waals surface area contributed by atoms with Gasteiger partial charge in [0.15, 0.2) is 0 Å². The first-order chi connectivity index (χ1) is 14.0. The van der Waals surface area contributed by atoms with Crippen LogP contribution in [-0.4, -0.2) is 65.9 Å². The molecule has 4 nitrogen and oxygen atoms in total. The molecule has 2 saturated heterocycles. The summed E-state index contributed by atoms with van der Waals surface area (Å²) < 4.78 is 0. The molecule has 0 N–H and O–H groups in total. The Labute approximate surface area is 177 Å². The molecule has 3 rings (SSSR count). The predicted molar refractivity (Wildman–Crippen MR) is 121 cm³/mol. The van der Waals surface area contributed by atoms with Gasteiger partial charge in [0, 0.05) is 31.6 Å². The maximum Gasteiger partial charge on any atom is 0.226 e. The SMILES string of the molecule is C=C(C)CN(CC)C(=O)C1CCN(C2CCN(Cc3ccccc3C)CC2)CC1. The van der Waals surface area contributed by atoms with Gasteiger partial charge < -0.3 is 9.80 Å². The zero-order valence-electron chi connectivity index (χ0n) is 18.7. The van der Waals surface area contributed by atoms with Crippen molar-refractivity contribution < 1.29 is 4.79 Å². The van der Waals surface area contributed by atoms with Crippen molar-refractivity contribution in [1.29, 1.82) is 0 Å². The molecule has 29 heavy (non-hydrogen) atoms. The highest BCUT2D eigenvalue weighted by Crippen LogP contribution is 2.26. The van der Waals surface area contributed by atoms with Gasteiger partial charge in [0.2, 0.25) is 5.91 Å². The van der Waals surface area contributed by atoms with E-state index in [1.54, 1.807) is 0 Å². The van der Waals surface area contributed by atoms with Gasteiger partial charge >= 0.3 is 0 Å². The topological polar surface area (TPSA) is 26.8 Å². The molecular weight excluding hydrogens is 358 g/mol. The molecule has 0 unspecified atom stereocenters. The van der Waals surface area contributed by atoms with E-state index in [4.69, 9.17) is 0 Å². The Morgan fingerprint density at radius 1 is 1.10 bits per heavy atom. The Kier molecular flexibility index (Phi) is 7.91. The van der Waals surface area contributed by atoms with E-state index in [0.29, 0.717) is 18.5 Å². The molecule has 2 aliphatic rings. The van der Waals surface area contributed by atoms with Gasteiger partial charge in [-0.1, -0.05) is 36.4 Å². The summed E-state index contributed by atoms with van der Waals surface area (Å²) in [5.74, 6) is 0.537. The number of hydrogen-bond donors (Lipinski definition) is 0. The average molecular weight is 398 g/mol. The molecule has 1 aromatic rings. The summed E-state index contributed by atoms with van der Waals surface area (Å²) in [7, 11) is 0. The van der Waals surface area contributed by atoms with E-state index in [2.05, 4.69) is 54.5 Å². The molecule has 1 aromatic carbocycles. The third-order valence-electron chi connectivity index (χ3n) is 6.76. The van der Waals surface area contributed by atoms with Crippen molar-refractivity contribution >= 4 is 5.91 Å². The van der Waals surface area contributed by atoms with Crippen LogP contribution < -0.4 is 0 Å². The number of carbonyl (C=O) groups excluding carboxylic acids is 1. The lowest BCUT2D eigenvalue weighted by Gasteiger charge is -2.42. The monoisotopic (exact) mass is 397 g/mol. The van der Waals surface area contributed by atoms with Crippen molar-refractivity contribution in [1.82, 2.24) is 14.7 Å². The van der Waals surface area contributed by atoms with Gasteiger partial charge in [0.1, 0.15) is 0 Å². The third kappa shape index (κ3) is 5.93. The molecule has 160 valence electrons.